The van der Waals surface area contributed by atoms with Crippen molar-refractivity contribution in [2.75, 3.05) is 13.7 Å². The average Bonchev–Trinajstić information content (AvgIpc) is 3.20. The van der Waals surface area contributed by atoms with E-state index in [0.717, 1.165) is 23.6 Å². The molecule has 0 unspecified atom stereocenters. The van der Waals surface area contributed by atoms with Crippen LogP contribution >= 0.6 is 15.9 Å². The Bertz CT molecular complexity index is 471. The van der Waals surface area contributed by atoms with Gasteiger partial charge in [-0.25, -0.2) is 0 Å². The van der Waals surface area contributed by atoms with Crippen LogP contribution in [0.15, 0.2) is 22.7 Å². The topological polar surface area (TPSA) is 46.6 Å². The first-order chi connectivity index (χ1) is 8.61. The van der Waals surface area contributed by atoms with Crippen LogP contribution in [0.4, 0.5) is 0 Å². The van der Waals surface area contributed by atoms with Crippen molar-refractivity contribution in [1.82, 2.24) is 4.90 Å². The largest absolute Gasteiger partial charge is 0.483 e. The lowest BCUT2D eigenvalue weighted by Gasteiger charge is -2.16. The van der Waals surface area contributed by atoms with E-state index in [1.54, 1.807) is 30.1 Å². The number of carbonyl (C=O) groups is 2. The van der Waals surface area contributed by atoms with E-state index in [-0.39, 0.29) is 12.5 Å². The molecular weight excluding hydrogens is 298 g/mol. The fourth-order valence-corrected chi connectivity index (χ4v) is 2.03. The van der Waals surface area contributed by atoms with Crippen LogP contribution < -0.4 is 4.74 Å². The van der Waals surface area contributed by atoms with Crippen LogP contribution in [0, 0.1) is 0 Å². The molecule has 96 valence electrons. The van der Waals surface area contributed by atoms with Crippen molar-refractivity contribution < 1.29 is 14.3 Å². The number of ether oxygens (including phenoxy) is 1. The van der Waals surface area contributed by atoms with E-state index in [0.29, 0.717) is 17.4 Å². The van der Waals surface area contributed by atoms with Gasteiger partial charge in [-0.2, -0.15) is 0 Å². The SMILES string of the molecule is CN(C(=O)COc1ccc(Br)cc1C=O)C1CC1. The Balaban J connectivity index is 1.97. The van der Waals surface area contributed by atoms with Gasteiger partial charge in [0.25, 0.3) is 5.91 Å². The number of aldehydes is 1. The number of nitrogens with zero attached hydrogens (tertiary/aromatic N) is 1. The normalized spacial score (nSPS) is 14.1. The Kier molecular flexibility index (Phi) is 4.01. The maximum absolute atomic E-state index is 11.8. The molecule has 4 nitrogen and oxygen atoms in total. The van der Waals surface area contributed by atoms with Gasteiger partial charge in [0.05, 0.1) is 5.56 Å². The zero-order valence-electron chi connectivity index (χ0n) is 10.1. The summed E-state index contributed by atoms with van der Waals surface area (Å²) in [7, 11) is 1.78. The fraction of sp³-hybridized carbons (Fsp3) is 0.385. The van der Waals surface area contributed by atoms with E-state index in [9.17, 15) is 9.59 Å². The summed E-state index contributed by atoms with van der Waals surface area (Å²) >= 11 is 3.28. The molecule has 0 radical (unpaired) electrons. The van der Waals surface area contributed by atoms with Crippen molar-refractivity contribution in [2.45, 2.75) is 18.9 Å². The van der Waals surface area contributed by atoms with E-state index in [1.807, 2.05) is 0 Å². The second-order valence-corrected chi connectivity index (χ2v) is 5.24. The monoisotopic (exact) mass is 311 g/mol. The van der Waals surface area contributed by atoms with Crippen LogP contribution in [-0.2, 0) is 4.79 Å². The van der Waals surface area contributed by atoms with E-state index < -0.39 is 0 Å². The van der Waals surface area contributed by atoms with Gasteiger partial charge in [-0.15, -0.1) is 0 Å². The summed E-state index contributed by atoms with van der Waals surface area (Å²) in [4.78, 5) is 24.4. The van der Waals surface area contributed by atoms with Gasteiger partial charge in [-0.3, -0.25) is 9.59 Å². The van der Waals surface area contributed by atoms with Crippen molar-refractivity contribution >= 4 is 28.1 Å². The number of carbonyl (C=O) groups excluding carboxylic acids is 2. The Morgan fingerprint density at radius 3 is 2.89 bits per heavy atom. The summed E-state index contributed by atoms with van der Waals surface area (Å²) in [5, 5.41) is 0. The van der Waals surface area contributed by atoms with Crippen LogP contribution in [0.1, 0.15) is 23.2 Å². The van der Waals surface area contributed by atoms with Crippen LogP contribution in [-0.4, -0.2) is 36.8 Å². The molecule has 1 fully saturated rings. The van der Waals surface area contributed by atoms with E-state index >= 15 is 0 Å². The third kappa shape index (κ3) is 3.10. The van der Waals surface area contributed by atoms with Crippen molar-refractivity contribution in [3.05, 3.63) is 28.2 Å². The molecule has 0 spiro atoms. The molecular formula is C13H14BrNO3. The highest BCUT2D eigenvalue weighted by Crippen LogP contribution is 2.26. The Morgan fingerprint density at radius 2 is 2.28 bits per heavy atom. The molecule has 0 atom stereocenters. The van der Waals surface area contributed by atoms with Gasteiger partial charge in [-0.05, 0) is 31.0 Å². The van der Waals surface area contributed by atoms with Crippen molar-refractivity contribution in [1.29, 1.82) is 0 Å². The first kappa shape index (κ1) is 13.1. The lowest BCUT2D eigenvalue weighted by Crippen LogP contribution is -2.33. The number of amides is 1. The Hall–Kier alpha value is -1.36. The highest BCUT2D eigenvalue weighted by atomic mass is 79.9. The van der Waals surface area contributed by atoms with Crippen LogP contribution in [0.5, 0.6) is 5.75 Å². The number of hydrogen-bond acceptors (Lipinski definition) is 3. The molecule has 1 saturated carbocycles. The molecule has 2 rings (SSSR count). The molecule has 0 heterocycles. The zero-order valence-corrected chi connectivity index (χ0v) is 11.6. The van der Waals surface area contributed by atoms with Crippen LogP contribution in [0.2, 0.25) is 0 Å². The van der Waals surface area contributed by atoms with E-state index in [2.05, 4.69) is 15.9 Å². The molecule has 0 bridgehead atoms. The predicted molar refractivity (Wildman–Crippen MR) is 70.8 cm³/mol. The molecule has 5 heteroatoms. The molecule has 1 aromatic rings. The summed E-state index contributed by atoms with van der Waals surface area (Å²) in [5.74, 6) is 0.378. The molecule has 0 aromatic heterocycles. The minimum absolute atomic E-state index is 0.0323. The number of benzene rings is 1. The average molecular weight is 312 g/mol. The summed E-state index contributed by atoms with van der Waals surface area (Å²) in [6.07, 6.45) is 2.86. The molecule has 0 aliphatic heterocycles. The minimum atomic E-state index is -0.0581. The van der Waals surface area contributed by atoms with Gasteiger partial charge in [0.15, 0.2) is 12.9 Å². The molecule has 0 N–H and O–H groups in total. The standard InChI is InChI=1S/C13H14BrNO3/c1-15(11-3-4-11)13(17)8-18-12-5-2-10(14)6-9(12)7-16/h2,5-7,11H,3-4,8H2,1H3. The lowest BCUT2D eigenvalue weighted by atomic mass is 10.2. The Morgan fingerprint density at radius 1 is 1.56 bits per heavy atom. The fourth-order valence-electron chi connectivity index (χ4n) is 1.65. The third-order valence-electron chi connectivity index (χ3n) is 2.94. The number of halogens is 1. The third-order valence-corrected chi connectivity index (χ3v) is 3.43. The maximum Gasteiger partial charge on any atom is 0.260 e. The summed E-state index contributed by atoms with van der Waals surface area (Å²) in [6, 6.07) is 5.49. The van der Waals surface area contributed by atoms with Gasteiger partial charge >= 0.3 is 0 Å². The minimum Gasteiger partial charge on any atom is -0.483 e. The number of likely N-dealkylation sites (N-methyl/N-ethyl adjacent to an activating group) is 1. The highest BCUT2D eigenvalue weighted by molar-refractivity contribution is 9.10. The molecule has 1 aromatic carbocycles. The molecule has 0 saturated heterocycles. The van der Waals surface area contributed by atoms with Crippen molar-refractivity contribution in [3.63, 3.8) is 0 Å². The van der Waals surface area contributed by atoms with Crippen LogP contribution in [0.3, 0.4) is 0 Å². The van der Waals surface area contributed by atoms with Crippen molar-refractivity contribution in [2.24, 2.45) is 0 Å². The molecule has 18 heavy (non-hydrogen) atoms. The first-order valence-corrected chi connectivity index (χ1v) is 6.54. The van der Waals surface area contributed by atoms with Crippen LogP contribution in [0.25, 0.3) is 0 Å². The maximum atomic E-state index is 11.8. The van der Waals surface area contributed by atoms with Gasteiger partial charge in [0.1, 0.15) is 5.75 Å². The van der Waals surface area contributed by atoms with Gasteiger partial charge in [0.2, 0.25) is 0 Å². The van der Waals surface area contributed by atoms with E-state index in [4.69, 9.17) is 4.74 Å². The highest BCUT2D eigenvalue weighted by Gasteiger charge is 2.29. The smallest absolute Gasteiger partial charge is 0.260 e. The number of rotatable bonds is 5. The van der Waals surface area contributed by atoms with E-state index in [1.165, 1.54) is 0 Å². The van der Waals surface area contributed by atoms with Crippen molar-refractivity contribution in [3.8, 4) is 5.75 Å². The first-order valence-electron chi connectivity index (χ1n) is 5.75. The second-order valence-electron chi connectivity index (χ2n) is 4.32. The summed E-state index contributed by atoms with van der Waals surface area (Å²) in [6.45, 7) is -0.0323. The summed E-state index contributed by atoms with van der Waals surface area (Å²) < 4.78 is 6.20. The zero-order chi connectivity index (χ0) is 13.1. The predicted octanol–water partition coefficient (Wildman–Crippen LogP) is 2.26. The van der Waals surface area contributed by atoms with Gasteiger partial charge in [-0.1, -0.05) is 15.9 Å². The second kappa shape index (κ2) is 5.52. The molecule has 1 aliphatic carbocycles. The number of hydrogen-bond donors (Lipinski definition) is 0. The molecule has 1 aliphatic rings. The Labute approximate surface area is 114 Å². The van der Waals surface area contributed by atoms with Gasteiger partial charge in [0, 0.05) is 17.6 Å². The molecule has 1 amide bonds. The van der Waals surface area contributed by atoms with Gasteiger partial charge < -0.3 is 9.64 Å². The lowest BCUT2D eigenvalue weighted by molar-refractivity contribution is -0.132. The summed E-state index contributed by atoms with van der Waals surface area (Å²) in [5.41, 5.74) is 0.436. The quantitative estimate of drug-likeness (QED) is 0.784.